The van der Waals surface area contributed by atoms with Crippen LogP contribution in [0.1, 0.15) is 28.9 Å². The molecule has 8 heteroatoms. The predicted molar refractivity (Wildman–Crippen MR) is 118 cm³/mol. The zero-order chi connectivity index (χ0) is 22.7. The highest BCUT2D eigenvalue weighted by Gasteiger charge is 2.45. The molecule has 0 N–H and O–H groups in total. The van der Waals surface area contributed by atoms with Crippen LogP contribution >= 0.6 is 0 Å². The van der Waals surface area contributed by atoms with Gasteiger partial charge in [-0.1, -0.05) is 30.3 Å². The molecular weight excluding hydrogens is 414 g/mol. The number of aromatic nitrogens is 1. The average Bonchev–Trinajstić information content (AvgIpc) is 3.61. The summed E-state index contributed by atoms with van der Waals surface area (Å²) in [5, 5.41) is 0. The molecular formula is C24H24F2N4O2. The van der Waals surface area contributed by atoms with Gasteiger partial charge >= 0.3 is 0 Å². The van der Waals surface area contributed by atoms with Crippen LogP contribution in [0.15, 0.2) is 47.5 Å². The maximum atomic E-state index is 13.4. The molecule has 2 aliphatic rings. The molecule has 6 nitrogen and oxygen atoms in total. The predicted octanol–water partition coefficient (Wildman–Crippen LogP) is 3.63. The van der Waals surface area contributed by atoms with Crippen LogP contribution in [0, 0.1) is 18.3 Å². The van der Waals surface area contributed by atoms with Crippen molar-refractivity contribution in [3.05, 3.63) is 53.7 Å². The Morgan fingerprint density at radius 3 is 2.62 bits per heavy atom. The molecule has 0 bridgehead atoms. The first-order chi connectivity index (χ1) is 15.4. The smallest absolute Gasteiger partial charge is 0.282 e. The molecule has 2 fully saturated rings. The molecule has 4 rings (SSSR count). The molecule has 2 heterocycles. The van der Waals surface area contributed by atoms with E-state index in [1.165, 1.54) is 22.9 Å². The average molecular weight is 438 g/mol. The fourth-order valence-corrected chi connectivity index (χ4v) is 3.33. The van der Waals surface area contributed by atoms with Gasteiger partial charge in [0.1, 0.15) is 11.4 Å². The number of carbonyl (C=O) groups is 1. The lowest BCUT2D eigenvalue weighted by atomic mass is 10.1. The van der Waals surface area contributed by atoms with Crippen molar-refractivity contribution in [2.45, 2.75) is 25.3 Å². The normalized spacial score (nSPS) is 17.3. The summed E-state index contributed by atoms with van der Waals surface area (Å²) in [6.07, 6.45) is 7.73. The molecule has 1 aliphatic carbocycles. The number of alkyl halides is 2. The molecule has 2 aromatic rings. The van der Waals surface area contributed by atoms with Gasteiger partial charge in [-0.05, 0) is 42.4 Å². The zero-order valence-corrected chi connectivity index (χ0v) is 17.8. The number of nitrogens with zero attached hydrogens (tertiary/aromatic N) is 4. The minimum absolute atomic E-state index is 0.108. The van der Waals surface area contributed by atoms with E-state index >= 15 is 0 Å². The molecule has 1 amide bonds. The number of ether oxygens (including phenoxy) is 1. The minimum atomic E-state index is -2.72. The highest BCUT2D eigenvalue weighted by molar-refractivity contribution is 6.11. The van der Waals surface area contributed by atoms with E-state index in [9.17, 15) is 13.6 Å². The van der Waals surface area contributed by atoms with Crippen LogP contribution in [0.2, 0.25) is 0 Å². The summed E-state index contributed by atoms with van der Waals surface area (Å²) in [5.41, 5.74) is 1.54. The van der Waals surface area contributed by atoms with E-state index in [-0.39, 0.29) is 17.4 Å². The number of hydrogen-bond donors (Lipinski definition) is 0. The van der Waals surface area contributed by atoms with Gasteiger partial charge in [0.15, 0.2) is 5.84 Å². The van der Waals surface area contributed by atoms with Crippen molar-refractivity contribution in [3.8, 4) is 18.2 Å². The second-order valence-electron chi connectivity index (χ2n) is 8.12. The van der Waals surface area contributed by atoms with E-state index in [0.717, 1.165) is 18.4 Å². The van der Waals surface area contributed by atoms with Crippen molar-refractivity contribution >= 4 is 17.4 Å². The third-order valence-corrected chi connectivity index (χ3v) is 5.40. The fraction of sp³-hybridized carbons (Fsp3) is 0.375. The molecule has 0 unspecified atom stereocenters. The number of carbonyl (C=O) groups excluding carboxylic acids is 1. The first kappa shape index (κ1) is 21.8. The lowest BCUT2D eigenvalue weighted by Crippen LogP contribution is -2.56. The Balaban J connectivity index is 1.52. The van der Waals surface area contributed by atoms with Gasteiger partial charge in [0.2, 0.25) is 5.88 Å². The summed E-state index contributed by atoms with van der Waals surface area (Å²) in [6.45, 7) is -0.000758. The summed E-state index contributed by atoms with van der Waals surface area (Å²) in [6, 6.07) is 12.6. The minimum Gasteiger partial charge on any atom is -0.476 e. The third kappa shape index (κ3) is 5.05. The standard InChI is InChI=1S/C24H24F2N4O2/c1-3-21(27-13-17-7-5-4-6-8-17)29(2)23(31)19-11-12-20(30-15-24(25,26)16-30)22(28-19)32-14-18-9-10-18/h1,4-8,11-12,18H,9-10,13-16H2,2H3/b27-21+. The quantitative estimate of drug-likeness (QED) is 0.376. The van der Waals surface area contributed by atoms with Gasteiger partial charge in [0, 0.05) is 7.05 Å². The second kappa shape index (κ2) is 8.95. The van der Waals surface area contributed by atoms with Gasteiger partial charge in [-0.25, -0.2) is 13.8 Å². The van der Waals surface area contributed by atoms with Gasteiger partial charge < -0.3 is 9.64 Å². The number of amidine groups is 1. The fourth-order valence-electron chi connectivity index (χ4n) is 3.33. The van der Waals surface area contributed by atoms with Crippen LogP contribution in [0.25, 0.3) is 0 Å². The van der Waals surface area contributed by atoms with E-state index < -0.39 is 24.9 Å². The van der Waals surface area contributed by atoms with Crippen molar-refractivity contribution in [2.75, 3.05) is 31.6 Å². The Bertz CT molecular complexity index is 1050. The number of aliphatic imine (C=N–C) groups is 1. The molecule has 0 radical (unpaired) electrons. The molecule has 1 saturated heterocycles. The van der Waals surface area contributed by atoms with Crippen molar-refractivity contribution in [1.82, 2.24) is 9.88 Å². The summed E-state index contributed by atoms with van der Waals surface area (Å²) in [4.78, 5) is 24.5. The Labute approximate surface area is 185 Å². The van der Waals surface area contributed by atoms with Gasteiger partial charge in [0.05, 0.1) is 26.2 Å². The SMILES string of the molecule is C#C/C(=N\Cc1ccccc1)N(C)C(=O)c1ccc(N2CC(F)(F)C2)c(OCC2CC2)n1. The first-order valence-corrected chi connectivity index (χ1v) is 10.5. The van der Waals surface area contributed by atoms with E-state index in [1.807, 2.05) is 30.3 Å². The number of pyridine rings is 1. The number of rotatable bonds is 7. The number of hydrogen-bond acceptors (Lipinski definition) is 5. The van der Waals surface area contributed by atoms with Gasteiger partial charge in [0.25, 0.3) is 11.8 Å². The van der Waals surface area contributed by atoms with E-state index in [0.29, 0.717) is 24.8 Å². The Morgan fingerprint density at radius 1 is 1.28 bits per heavy atom. The van der Waals surface area contributed by atoms with Crippen molar-refractivity contribution < 1.29 is 18.3 Å². The maximum absolute atomic E-state index is 13.4. The maximum Gasteiger partial charge on any atom is 0.282 e. The van der Waals surface area contributed by atoms with Crippen LogP contribution in [0.4, 0.5) is 14.5 Å². The molecule has 1 saturated carbocycles. The molecule has 1 aromatic carbocycles. The molecule has 1 aromatic heterocycles. The third-order valence-electron chi connectivity index (χ3n) is 5.40. The van der Waals surface area contributed by atoms with E-state index in [4.69, 9.17) is 11.2 Å². The monoisotopic (exact) mass is 438 g/mol. The molecule has 166 valence electrons. The Kier molecular flexibility index (Phi) is 6.08. The number of halogens is 2. The van der Waals surface area contributed by atoms with Crippen LogP contribution in [0.5, 0.6) is 5.88 Å². The summed E-state index contributed by atoms with van der Waals surface area (Å²) in [7, 11) is 1.53. The van der Waals surface area contributed by atoms with Crippen LogP contribution < -0.4 is 9.64 Å². The van der Waals surface area contributed by atoms with Gasteiger partial charge in [-0.2, -0.15) is 0 Å². The Hall–Kier alpha value is -3.47. The molecule has 0 spiro atoms. The molecule has 0 atom stereocenters. The first-order valence-electron chi connectivity index (χ1n) is 10.5. The number of anilines is 1. The van der Waals surface area contributed by atoms with E-state index in [1.54, 1.807) is 6.07 Å². The topological polar surface area (TPSA) is 58.0 Å². The summed E-state index contributed by atoms with van der Waals surface area (Å²) >= 11 is 0. The van der Waals surface area contributed by atoms with Gasteiger partial charge in [-0.15, -0.1) is 6.42 Å². The Morgan fingerprint density at radius 2 is 2.00 bits per heavy atom. The number of benzene rings is 1. The van der Waals surface area contributed by atoms with Crippen LogP contribution in [-0.2, 0) is 6.54 Å². The van der Waals surface area contributed by atoms with Crippen molar-refractivity contribution in [2.24, 2.45) is 10.9 Å². The summed E-state index contributed by atoms with van der Waals surface area (Å²) in [5.74, 6) is 0.0825. The van der Waals surface area contributed by atoms with Crippen LogP contribution in [0.3, 0.4) is 0 Å². The van der Waals surface area contributed by atoms with Crippen LogP contribution in [-0.4, -0.2) is 54.3 Å². The number of amides is 1. The molecule has 1 aliphatic heterocycles. The lowest BCUT2D eigenvalue weighted by Gasteiger charge is -2.40. The number of terminal acetylenes is 1. The van der Waals surface area contributed by atoms with Crippen molar-refractivity contribution in [3.63, 3.8) is 0 Å². The van der Waals surface area contributed by atoms with E-state index in [2.05, 4.69) is 15.9 Å². The highest BCUT2D eigenvalue weighted by Crippen LogP contribution is 2.38. The largest absolute Gasteiger partial charge is 0.476 e. The zero-order valence-electron chi connectivity index (χ0n) is 17.8. The summed E-state index contributed by atoms with van der Waals surface area (Å²) < 4.78 is 32.6. The second-order valence-corrected chi connectivity index (χ2v) is 8.12. The van der Waals surface area contributed by atoms with Crippen molar-refractivity contribution in [1.29, 1.82) is 0 Å². The highest BCUT2D eigenvalue weighted by atomic mass is 19.3. The lowest BCUT2D eigenvalue weighted by molar-refractivity contribution is -0.0265. The molecule has 32 heavy (non-hydrogen) atoms. The van der Waals surface area contributed by atoms with Gasteiger partial charge in [-0.3, -0.25) is 14.7 Å².